The zero-order valence-electron chi connectivity index (χ0n) is 8.96. The third-order valence-electron chi connectivity index (χ3n) is 2.13. The van der Waals surface area contributed by atoms with Gasteiger partial charge in [-0.25, -0.2) is 0 Å². The Kier molecular flexibility index (Phi) is 4.62. The van der Waals surface area contributed by atoms with Gasteiger partial charge in [-0.2, -0.15) is 0 Å². The van der Waals surface area contributed by atoms with Gasteiger partial charge >= 0.3 is 0 Å². The number of thiocarbonyl (C=S) groups is 1. The first-order valence-electron chi connectivity index (χ1n) is 4.85. The third kappa shape index (κ3) is 3.39. The Labute approximate surface area is 100 Å². The predicted octanol–water partition coefficient (Wildman–Crippen LogP) is 1.64. The first-order chi connectivity index (χ1) is 7.44. The quantitative estimate of drug-likeness (QED) is 0.565. The Balaban J connectivity index is 2.57. The smallest absolute Gasteiger partial charge is 0.271 e. The Morgan fingerprint density at radius 3 is 2.62 bits per heavy atom. The Morgan fingerprint density at radius 2 is 2.12 bits per heavy atom. The lowest BCUT2D eigenvalue weighted by Crippen LogP contribution is -2.28. The maximum atomic E-state index is 11.7. The van der Waals surface area contributed by atoms with Crippen molar-refractivity contribution in [3.63, 3.8) is 0 Å². The number of rotatable bonds is 4. The van der Waals surface area contributed by atoms with Crippen LogP contribution in [-0.4, -0.2) is 15.4 Å². The fraction of sp³-hybridized carbons (Fsp3) is 0.300. The Hall–Kier alpha value is -0.740. The third-order valence-corrected chi connectivity index (χ3v) is 4.90. The largest absolute Gasteiger partial charge is 0.367 e. The second-order valence-electron chi connectivity index (χ2n) is 3.51. The topological polar surface area (TPSA) is 75.4 Å². The van der Waals surface area contributed by atoms with Crippen molar-refractivity contribution in [2.75, 3.05) is 0 Å². The number of hydrogen-bond acceptors (Lipinski definition) is 3. The van der Waals surface area contributed by atoms with Crippen molar-refractivity contribution < 1.29 is 9.46 Å². The van der Waals surface area contributed by atoms with E-state index < -0.39 is 13.2 Å². The molecule has 2 atom stereocenters. The van der Waals surface area contributed by atoms with E-state index in [0.717, 1.165) is 5.56 Å². The zero-order valence-corrected chi connectivity index (χ0v) is 10.7. The molecular formula is C10H15N2O2PS. The maximum Gasteiger partial charge on any atom is 0.271 e. The summed E-state index contributed by atoms with van der Waals surface area (Å²) in [7, 11) is -3.59. The summed E-state index contributed by atoms with van der Waals surface area (Å²) in [6.07, 6.45) is 0. The normalized spacial score (nSPS) is 16.2. The SMILES string of the molecule is CC(N)P(=O)(O)C(=S)NCc1ccccc1. The number of nitrogens with one attached hydrogen (secondary N) is 1. The van der Waals surface area contributed by atoms with Crippen molar-refractivity contribution in [2.45, 2.75) is 19.3 Å². The summed E-state index contributed by atoms with van der Waals surface area (Å²) < 4.78 is 11.6. The summed E-state index contributed by atoms with van der Waals surface area (Å²) in [6.45, 7) is 1.90. The second-order valence-corrected chi connectivity index (χ2v) is 6.73. The lowest BCUT2D eigenvalue weighted by molar-refractivity contribution is 0.481. The molecule has 0 amide bonds. The lowest BCUT2D eigenvalue weighted by Gasteiger charge is -2.17. The van der Waals surface area contributed by atoms with Crippen molar-refractivity contribution in [3.05, 3.63) is 35.9 Å². The van der Waals surface area contributed by atoms with Gasteiger partial charge in [-0.05, 0) is 12.5 Å². The van der Waals surface area contributed by atoms with E-state index >= 15 is 0 Å². The molecule has 0 saturated heterocycles. The lowest BCUT2D eigenvalue weighted by atomic mass is 10.2. The van der Waals surface area contributed by atoms with E-state index in [4.69, 9.17) is 18.0 Å². The van der Waals surface area contributed by atoms with Crippen LogP contribution in [0.2, 0.25) is 0 Å². The molecule has 4 nitrogen and oxygen atoms in total. The van der Waals surface area contributed by atoms with E-state index in [1.807, 2.05) is 30.3 Å². The Bertz CT molecular complexity index is 409. The highest BCUT2D eigenvalue weighted by Gasteiger charge is 2.29. The highest BCUT2D eigenvalue weighted by Crippen LogP contribution is 2.44. The molecular weight excluding hydrogens is 243 g/mol. The van der Waals surface area contributed by atoms with E-state index in [2.05, 4.69) is 5.32 Å². The van der Waals surface area contributed by atoms with Crippen molar-refractivity contribution in [3.8, 4) is 0 Å². The summed E-state index contributed by atoms with van der Waals surface area (Å²) in [5.41, 5.74) is 6.39. The average Bonchev–Trinajstić information content (AvgIpc) is 2.27. The molecule has 0 fully saturated rings. The minimum Gasteiger partial charge on any atom is -0.367 e. The van der Waals surface area contributed by atoms with Gasteiger partial charge in [0.2, 0.25) is 0 Å². The first-order valence-corrected chi connectivity index (χ1v) is 6.98. The zero-order chi connectivity index (χ0) is 12.2. The van der Waals surface area contributed by atoms with Crippen LogP contribution in [0.5, 0.6) is 0 Å². The molecule has 0 aromatic heterocycles. The van der Waals surface area contributed by atoms with E-state index in [0.29, 0.717) is 6.54 Å². The standard InChI is InChI=1S/C10H15N2O2PS/c1-8(11)15(13,14)10(16)12-7-9-5-3-2-4-6-9/h2-6,8H,7,11H2,1H3,(H,12,16)(H,13,14). The van der Waals surface area contributed by atoms with Crippen molar-refractivity contribution in [2.24, 2.45) is 5.73 Å². The van der Waals surface area contributed by atoms with Crippen LogP contribution in [0, 0.1) is 0 Å². The van der Waals surface area contributed by atoms with Crippen LogP contribution < -0.4 is 11.1 Å². The summed E-state index contributed by atoms with van der Waals surface area (Å²) in [4.78, 5) is 9.57. The number of hydrogen-bond donors (Lipinski definition) is 3. The molecule has 0 bridgehead atoms. The molecule has 0 aliphatic rings. The van der Waals surface area contributed by atoms with Gasteiger partial charge in [0.05, 0.1) is 5.78 Å². The molecule has 16 heavy (non-hydrogen) atoms. The van der Waals surface area contributed by atoms with Crippen LogP contribution in [0.1, 0.15) is 12.5 Å². The van der Waals surface area contributed by atoms with Gasteiger partial charge < -0.3 is 15.9 Å². The molecule has 0 aliphatic heterocycles. The van der Waals surface area contributed by atoms with Crippen LogP contribution in [0.25, 0.3) is 0 Å². The highest BCUT2D eigenvalue weighted by atomic mass is 32.1. The maximum absolute atomic E-state index is 11.7. The second kappa shape index (κ2) is 5.55. The summed E-state index contributed by atoms with van der Waals surface area (Å²) in [6, 6.07) is 9.50. The fourth-order valence-corrected chi connectivity index (χ4v) is 2.32. The molecule has 1 rings (SSSR count). The van der Waals surface area contributed by atoms with Gasteiger partial charge in [0.25, 0.3) is 7.37 Å². The molecule has 1 aromatic rings. The molecule has 0 radical (unpaired) electrons. The van der Waals surface area contributed by atoms with Crippen molar-refractivity contribution in [1.82, 2.24) is 5.32 Å². The Morgan fingerprint density at radius 1 is 1.56 bits per heavy atom. The van der Waals surface area contributed by atoms with E-state index in [1.54, 1.807) is 0 Å². The van der Waals surface area contributed by atoms with Crippen LogP contribution in [0.3, 0.4) is 0 Å². The van der Waals surface area contributed by atoms with E-state index in [9.17, 15) is 9.46 Å². The molecule has 88 valence electrons. The number of nitrogens with two attached hydrogens (primary N) is 1. The molecule has 4 N–H and O–H groups in total. The van der Waals surface area contributed by atoms with Crippen LogP contribution in [0.15, 0.2) is 30.3 Å². The van der Waals surface area contributed by atoms with Crippen molar-refractivity contribution >= 4 is 24.3 Å². The number of benzene rings is 1. The highest BCUT2D eigenvalue weighted by molar-refractivity contribution is 7.99. The van der Waals surface area contributed by atoms with Gasteiger partial charge in [-0.3, -0.25) is 4.57 Å². The predicted molar refractivity (Wildman–Crippen MR) is 69.4 cm³/mol. The molecule has 0 saturated carbocycles. The van der Waals surface area contributed by atoms with Gasteiger partial charge in [0.15, 0.2) is 4.73 Å². The van der Waals surface area contributed by atoms with Crippen molar-refractivity contribution in [1.29, 1.82) is 0 Å². The minimum atomic E-state index is -3.59. The first kappa shape index (κ1) is 13.3. The molecule has 1 aromatic carbocycles. The molecule has 2 unspecified atom stereocenters. The van der Waals surface area contributed by atoms with Crippen LogP contribution in [-0.2, 0) is 11.1 Å². The molecule has 6 heteroatoms. The average molecular weight is 258 g/mol. The monoisotopic (exact) mass is 258 g/mol. The summed E-state index contributed by atoms with van der Waals surface area (Å²) in [5.74, 6) is -0.844. The molecule has 0 heterocycles. The van der Waals surface area contributed by atoms with Crippen LogP contribution in [0.4, 0.5) is 0 Å². The van der Waals surface area contributed by atoms with Gasteiger partial charge in [-0.1, -0.05) is 42.5 Å². The summed E-state index contributed by atoms with van der Waals surface area (Å²) in [5, 5.41) is 2.76. The summed E-state index contributed by atoms with van der Waals surface area (Å²) >= 11 is 4.86. The molecule has 0 spiro atoms. The van der Waals surface area contributed by atoms with Gasteiger partial charge in [-0.15, -0.1) is 0 Å². The van der Waals surface area contributed by atoms with E-state index in [-0.39, 0.29) is 4.73 Å². The molecule has 0 aliphatic carbocycles. The van der Waals surface area contributed by atoms with Gasteiger partial charge in [0, 0.05) is 6.54 Å². The van der Waals surface area contributed by atoms with E-state index in [1.165, 1.54) is 6.92 Å². The fourth-order valence-electron chi connectivity index (χ4n) is 1.07. The van der Waals surface area contributed by atoms with Crippen LogP contribution >= 0.6 is 19.6 Å². The minimum absolute atomic E-state index is 0.0636. The van der Waals surface area contributed by atoms with Gasteiger partial charge in [0.1, 0.15) is 0 Å².